The fourth-order valence-electron chi connectivity index (χ4n) is 5.76. The van der Waals surface area contributed by atoms with Crippen molar-refractivity contribution in [3.8, 4) is 39.3 Å². The quantitative estimate of drug-likeness (QED) is 0.235. The lowest BCUT2D eigenvalue weighted by atomic mass is 9.99. The van der Waals surface area contributed by atoms with E-state index in [1.807, 2.05) is 18.2 Å². The molecule has 8 aromatic rings. The number of furan rings is 1. The van der Waals surface area contributed by atoms with E-state index in [2.05, 4.69) is 126 Å². The lowest BCUT2D eigenvalue weighted by Gasteiger charge is -2.13. The summed E-state index contributed by atoms with van der Waals surface area (Å²) in [5, 5.41) is 3.36. The third kappa shape index (κ3) is 3.63. The van der Waals surface area contributed by atoms with Gasteiger partial charge in [-0.3, -0.25) is 4.57 Å². The summed E-state index contributed by atoms with van der Waals surface area (Å²) in [4.78, 5) is 5.24. The molecule has 5 aromatic carbocycles. The summed E-state index contributed by atoms with van der Waals surface area (Å²) in [5.74, 6) is 0.876. The molecule has 0 aliphatic heterocycles. The molecule has 0 saturated carbocycles. The molecule has 40 heavy (non-hydrogen) atoms. The van der Waals surface area contributed by atoms with E-state index >= 15 is 0 Å². The minimum atomic E-state index is 0.876. The maximum Gasteiger partial charge on any atom is 0.143 e. The van der Waals surface area contributed by atoms with Crippen molar-refractivity contribution in [3.63, 3.8) is 0 Å². The van der Waals surface area contributed by atoms with Gasteiger partial charge in [0.1, 0.15) is 11.4 Å². The lowest BCUT2D eigenvalue weighted by Crippen LogP contribution is -2.00. The summed E-state index contributed by atoms with van der Waals surface area (Å²) >= 11 is 0. The molecule has 0 saturated heterocycles. The van der Waals surface area contributed by atoms with Crippen molar-refractivity contribution < 1.29 is 4.42 Å². The third-order valence-corrected chi connectivity index (χ3v) is 7.69. The first-order valence-corrected chi connectivity index (χ1v) is 13.5. The molecule has 8 rings (SSSR count). The second-order valence-corrected chi connectivity index (χ2v) is 10.1. The first-order chi connectivity index (χ1) is 19.8. The van der Waals surface area contributed by atoms with Crippen molar-refractivity contribution in [1.29, 1.82) is 0 Å². The van der Waals surface area contributed by atoms with Crippen LogP contribution in [0.4, 0.5) is 0 Å². The maximum absolute atomic E-state index is 5.99. The van der Waals surface area contributed by atoms with E-state index in [0.717, 1.165) is 61.0 Å². The Bertz CT molecular complexity index is 2140. The molecule has 188 valence electrons. The van der Waals surface area contributed by atoms with Crippen LogP contribution in [0.1, 0.15) is 0 Å². The first kappa shape index (κ1) is 22.6. The van der Waals surface area contributed by atoms with Crippen molar-refractivity contribution >= 4 is 32.8 Å². The fourth-order valence-corrected chi connectivity index (χ4v) is 5.76. The number of hydrogen-bond donors (Lipinski definition) is 0. The number of para-hydroxylation sites is 1. The summed E-state index contributed by atoms with van der Waals surface area (Å²) in [5.41, 5.74) is 9.78. The number of pyridine rings is 1. The standard InChI is InChI=1S/C37H24N2O/c1-3-9-25(10-4-1)26-15-17-27(18-16-26)30-23-32(28-11-5-2-6-12-28)38-35(24-30)39-33-14-8-7-13-31(33)36-34(39)20-19-29-21-22-40-37(29)36/h1-24H. The minimum Gasteiger partial charge on any atom is -0.464 e. The smallest absolute Gasteiger partial charge is 0.143 e. The highest BCUT2D eigenvalue weighted by molar-refractivity contribution is 6.19. The van der Waals surface area contributed by atoms with Gasteiger partial charge < -0.3 is 4.42 Å². The van der Waals surface area contributed by atoms with Crippen LogP contribution in [0.3, 0.4) is 0 Å². The van der Waals surface area contributed by atoms with E-state index in [1.165, 1.54) is 11.1 Å². The van der Waals surface area contributed by atoms with Crippen LogP contribution in [0.5, 0.6) is 0 Å². The predicted molar refractivity (Wildman–Crippen MR) is 165 cm³/mol. The maximum atomic E-state index is 5.99. The number of rotatable bonds is 4. The average Bonchev–Trinajstić information content (AvgIpc) is 3.64. The van der Waals surface area contributed by atoms with Gasteiger partial charge in [0, 0.05) is 16.3 Å². The first-order valence-electron chi connectivity index (χ1n) is 13.5. The Labute approximate surface area is 231 Å². The van der Waals surface area contributed by atoms with Crippen LogP contribution in [0, 0.1) is 0 Å². The molecular formula is C37H24N2O. The van der Waals surface area contributed by atoms with E-state index in [4.69, 9.17) is 9.40 Å². The normalized spacial score (nSPS) is 11.5. The number of benzene rings is 5. The van der Waals surface area contributed by atoms with Crippen molar-refractivity contribution in [2.45, 2.75) is 0 Å². The monoisotopic (exact) mass is 512 g/mol. The summed E-state index contributed by atoms with van der Waals surface area (Å²) in [6, 6.07) is 48.9. The van der Waals surface area contributed by atoms with Crippen LogP contribution in [0.15, 0.2) is 150 Å². The topological polar surface area (TPSA) is 31.0 Å². The molecule has 3 heterocycles. The highest BCUT2D eigenvalue weighted by atomic mass is 16.3. The summed E-state index contributed by atoms with van der Waals surface area (Å²) < 4.78 is 8.25. The molecular weight excluding hydrogens is 488 g/mol. The molecule has 0 aliphatic carbocycles. The molecule has 0 spiro atoms. The van der Waals surface area contributed by atoms with Gasteiger partial charge in [0.15, 0.2) is 0 Å². The predicted octanol–water partition coefficient (Wildman–Crippen LogP) is 9.93. The fraction of sp³-hybridized carbons (Fsp3) is 0. The van der Waals surface area contributed by atoms with Gasteiger partial charge in [0.05, 0.1) is 28.4 Å². The van der Waals surface area contributed by atoms with Crippen LogP contribution in [-0.4, -0.2) is 9.55 Å². The van der Waals surface area contributed by atoms with E-state index in [-0.39, 0.29) is 0 Å². The van der Waals surface area contributed by atoms with Crippen LogP contribution >= 0.6 is 0 Å². The number of fused-ring (bicyclic) bond motifs is 5. The second-order valence-electron chi connectivity index (χ2n) is 10.1. The SMILES string of the molecule is c1ccc(-c2ccc(-c3cc(-c4ccccc4)nc(-n4c5ccccc5c5c6occc6ccc54)c3)cc2)cc1. The molecule has 0 unspecified atom stereocenters. The minimum absolute atomic E-state index is 0.876. The molecule has 0 radical (unpaired) electrons. The molecule has 0 amide bonds. The second kappa shape index (κ2) is 9.11. The van der Waals surface area contributed by atoms with E-state index in [0.29, 0.717) is 0 Å². The summed E-state index contributed by atoms with van der Waals surface area (Å²) in [6.07, 6.45) is 1.77. The zero-order chi connectivity index (χ0) is 26.5. The Morgan fingerprint density at radius 2 is 1.15 bits per heavy atom. The molecule has 0 atom stereocenters. The van der Waals surface area contributed by atoms with Gasteiger partial charge in [0.2, 0.25) is 0 Å². The third-order valence-electron chi connectivity index (χ3n) is 7.69. The average molecular weight is 513 g/mol. The summed E-state index contributed by atoms with van der Waals surface area (Å²) in [6.45, 7) is 0. The van der Waals surface area contributed by atoms with Gasteiger partial charge in [-0.2, -0.15) is 0 Å². The van der Waals surface area contributed by atoms with Gasteiger partial charge in [-0.1, -0.05) is 103 Å². The number of hydrogen-bond acceptors (Lipinski definition) is 2. The molecule has 0 aliphatic rings. The van der Waals surface area contributed by atoms with Crippen molar-refractivity contribution in [3.05, 3.63) is 146 Å². The van der Waals surface area contributed by atoms with Crippen molar-refractivity contribution in [2.24, 2.45) is 0 Å². The number of aromatic nitrogens is 2. The van der Waals surface area contributed by atoms with Gasteiger partial charge in [-0.05, 0) is 58.7 Å². The van der Waals surface area contributed by atoms with Gasteiger partial charge >= 0.3 is 0 Å². The highest BCUT2D eigenvalue weighted by Gasteiger charge is 2.18. The molecule has 3 aromatic heterocycles. The largest absolute Gasteiger partial charge is 0.464 e. The summed E-state index contributed by atoms with van der Waals surface area (Å²) in [7, 11) is 0. The molecule has 0 fully saturated rings. The zero-order valence-electron chi connectivity index (χ0n) is 21.7. The Morgan fingerprint density at radius 1 is 0.500 bits per heavy atom. The Kier molecular flexibility index (Phi) is 5.14. The highest BCUT2D eigenvalue weighted by Crippen LogP contribution is 2.38. The van der Waals surface area contributed by atoms with Crippen LogP contribution in [0.25, 0.3) is 72.1 Å². The molecule has 0 N–H and O–H groups in total. The Balaban J connectivity index is 1.38. The number of nitrogens with zero attached hydrogens (tertiary/aromatic N) is 2. The van der Waals surface area contributed by atoms with E-state index in [1.54, 1.807) is 6.26 Å². The van der Waals surface area contributed by atoms with Gasteiger partial charge in [-0.15, -0.1) is 0 Å². The van der Waals surface area contributed by atoms with Crippen LogP contribution in [-0.2, 0) is 0 Å². The van der Waals surface area contributed by atoms with E-state index in [9.17, 15) is 0 Å². The molecule has 0 bridgehead atoms. The zero-order valence-corrected chi connectivity index (χ0v) is 21.7. The van der Waals surface area contributed by atoms with Gasteiger partial charge in [-0.25, -0.2) is 4.98 Å². The van der Waals surface area contributed by atoms with Gasteiger partial charge in [0.25, 0.3) is 0 Å². The lowest BCUT2D eigenvalue weighted by molar-refractivity contribution is 0.619. The van der Waals surface area contributed by atoms with Crippen molar-refractivity contribution in [2.75, 3.05) is 0 Å². The van der Waals surface area contributed by atoms with Crippen LogP contribution < -0.4 is 0 Å². The van der Waals surface area contributed by atoms with Crippen molar-refractivity contribution in [1.82, 2.24) is 9.55 Å². The Hall–Kier alpha value is -5.41. The molecule has 3 heteroatoms. The molecule has 3 nitrogen and oxygen atoms in total. The van der Waals surface area contributed by atoms with E-state index < -0.39 is 0 Å². The Morgan fingerprint density at radius 3 is 1.93 bits per heavy atom. The van der Waals surface area contributed by atoms with Crippen LogP contribution in [0.2, 0.25) is 0 Å².